The fourth-order valence-corrected chi connectivity index (χ4v) is 1.32. The van der Waals surface area contributed by atoms with Gasteiger partial charge in [-0.15, -0.1) is 0 Å². The molecule has 1 aromatic rings. The summed E-state index contributed by atoms with van der Waals surface area (Å²) < 4.78 is 0. The zero-order valence-corrected chi connectivity index (χ0v) is 9.79. The number of hydrogen-bond acceptors (Lipinski definition) is 4. The third kappa shape index (κ3) is 4.72. The van der Waals surface area contributed by atoms with E-state index in [9.17, 15) is 4.79 Å². The van der Waals surface area contributed by atoms with Gasteiger partial charge in [0.15, 0.2) is 0 Å². The van der Waals surface area contributed by atoms with E-state index in [4.69, 9.17) is 0 Å². The molecule has 1 aromatic heterocycles. The lowest BCUT2D eigenvalue weighted by atomic mass is 10.2. The fourth-order valence-electron chi connectivity index (χ4n) is 1.32. The minimum absolute atomic E-state index is 0.0174. The van der Waals surface area contributed by atoms with Crippen molar-refractivity contribution in [2.75, 3.05) is 18.4 Å². The SMILES string of the molecule is CCCc1cc(NCCNC(C)=O)ncn1. The van der Waals surface area contributed by atoms with Gasteiger partial charge in [-0.3, -0.25) is 4.79 Å². The monoisotopic (exact) mass is 222 g/mol. The normalized spacial score (nSPS) is 9.88. The summed E-state index contributed by atoms with van der Waals surface area (Å²) in [5.74, 6) is 0.792. The van der Waals surface area contributed by atoms with Crippen LogP contribution in [0.3, 0.4) is 0 Å². The topological polar surface area (TPSA) is 66.9 Å². The van der Waals surface area contributed by atoms with Crippen molar-refractivity contribution in [3.05, 3.63) is 18.1 Å². The van der Waals surface area contributed by atoms with E-state index in [0.29, 0.717) is 13.1 Å². The second-order valence-corrected chi connectivity index (χ2v) is 3.55. The lowest BCUT2D eigenvalue weighted by molar-refractivity contribution is -0.118. The largest absolute Gasteiger partial charge is 0.368 e. The fraction of sp³-hybridized carbons (Fsp3) is 0.545. The number of aromatic nitrogens is 2. The van der Waals surface area contributed by atoms with Crippen LogP contribution >= 0.6 is 0 Å². The van der Waals surface area contributed by atoms with Crippen LogP contribution in [0.15, 0.2) is 12.4 Å². The van der Waals surface area contributed by atoms with Crippen LogP contribution in [-0.2, 0) is 11.2 Å². The van der Waals surface area contributed by atoms with Crippen molar-refractivity contribution in [3.63, 3.8) is 0 Å². The highest BCUT2D eigenvalue weighted by atomic mass is 16.1. The highest BCUT2D eigenvalue weighted by molar-refractivity contribution is 5.72. The van der Waals surface area contributed by atoms with E-state index >= 15 is 0 Å². The molecule has 0 bridgehead atoms. The molecule has 0 unspecified atom stereocenters. The summed E-state index contributed by atoms with van der Waals surface area (Å²) in [4.78, 5) is 18.9. The van der Waals surface area contributed by atoms with Gasteiger partial charge in [-0.1, -0.05) is 13.3 Å². The Hall–Kier alpha value is -1.65. The molecule has 5 nitrogen and oxygen atoms in total. The molecule has 0 aliphatic carbocycles. The molecule has 1 amide bonds. The van der Waals surface area contributed by atoms with Crippen LogP contribution < -0.4 is 10.6 Å². The van der Waals surface area contributed by atoms with Crippen LogP contribution in [0.1, 0.15) is 26.0 Å². The Morgan fingerprint density at radius 1 is 1.38 bits per heavy atom. The molecule has 88 valence electrons. The van der Waals surface area contributed by atoms with Crippen molar-refractivity contribution in [1.82, 2.24) is 15.3 Å². The zero-order valence-electron chi connectivity index (χ0n) is 9.79. The number of carbonyl (C=O) groups is 1. The van der Waals surface area contributed by atoms with Gasteiger partial charge in [0.25, 0.3) is 0 Å². The molecule has 0 saturated heterocycles. The smallest absolute Gasteiger partial charge is 0.216 e. The van der Waals surface area contributed by atoms with E-state index in [1.807, 2.05) is 6.07 Å². The maximum atomic E-state index is 10.6. The maximum absolute atomic E-state index is 10.6. The van der Waals surface area contributed by atoms with E-state index in [1.54, 1.807) is 6.33 Å². The van der Waals surface area contributed by atoms with Gasteiger partial charge in [-0.05, 0) is 6.42 Å². The summed E-state index contributed by atoms with van der Waals surface area (Å²) in [6, 6.07) is 1.94. The molecule has 5 heteroatoms. The molecule has 0 fully saturated rings. The van der Waals surface area contributed by atoms with Gasteiger partial charge in [0, 0.05) is 31.8 Å². The quantitative estimate of drug-likeness (QED) is 0.704. The van der Waals surface area contributed by atoms with E-state index in [1.165, 1.54) is 6.92 Å². The van der Waals surface area contributed by atoms with Gasteiger partial charge < -0.3 is 10.6 Å². The van der Waals surface area contributed by atoms with Crippen molar-refractivity contribution in [1.29, 1.82) is 0 Å². The average Bonchev–Trinajstić information content (AvgIpc) is 2.25. The van der Waals surface area contributed by atoms with Crippen molar-refractivity contribution in [3.8, 4) is 0 Å². The number of carbonyl (C=O) groups excluding carboxylic acids is 1. The molecule has 0 spiro atoms. The maximum Gasteiger partial charge on any atom is 0.216 e. The first kappa shape index (κ1) is 12.4. The van der Waals surface area contributed by atoms with Crippen LogP contribution in [0.25, 0.3) is 0 Å². The van der Waals surface area contributed by atoms with Gasteiger partial charge in [-0.2, -0.15) is 0 Å². The summed E-state index contributed by atoms with van der Waals surface area (Å²) in [6.07, 6.45) is 3.59. The summed E-state index contributed by atoms with van der Waals surface area (Å²) in [5.41, 5.74) is 1.04. The number of amides is 1. The summed E-state index contributed by atoms with van der Waals surface area (Å²) >= 11 is 0. The molecule has 1 rings (SSSR count). The molecule has 0 aromatic carbocycles. The highest BCUT2D eigenvalue weighted by Crippen LogP contribution is 2.05. The van der Waals surface area contributed by atoms with Crippen molar-refractivity contribution < 1.29 is 4.79 Å². The van der Waals surface area contributed by atoms with Crippen LogP contribution in [0.5, 0.6) is 0 Å². The van der Waals surface area contributed by atoms with Gasteiger partial charge in [0.2, 0.25) is 5.91 Å². The number of hydrogen-bond donors (Lipinski definition) is 2. The Balaban J connectivity index is 2.35. The van der Waals surface area contributed by atoms with Gasteiger partial charge >= 0.3 is 0 Å². The van der Waals surface area contributed by atoms with Crippen molar-refractivity contribution >= 4 is 11.7 Å². The Labute approximate surface area is 95.7 Å². The number of rotatable bonds is 6. The molecular weight excluding hydrogens is 204 g/mol. The second kappa shape index (κ2) is 6.76. The van der Waals surface area contributed by atoms with Crippen LogP contribution in [-0.4, -0.2) is 29.0 Å². The Bertz CT molecular complexity index is 341. The van der Waals surface area contributed by atoms with E-state index in [2.05, 4.69) is 27.5 Å². The van der Waals surface area contributed by atoms with E-state index in [-0.39, 0.29) is 5.91 Å². The molecule has 1 heterocycles. The Morgan fingerprint density at radius 2 is 2.19 bits per heavy atom. The second-order valence-electron chi connectivity index (χ2n) is 3.55. The standard InChI is InChI=1S/C11H18N4O/c1-3-4-10-7-11(15-8-14-10)13-6-5-12-9(2)16/h7-8H,3-6H2,1-2H3,(H,12,16)(H,13,14,15). The minimum Gasteiger partial charge on any atom is -0.368 e. The zero-order chi connectivity index (χ0) is 11.8. The molecule has 2 N–H and O–H groups in total. The first-order valence-corrected chi connectivity index (χ1v) is 5.51. The van der Waals surface area contributed by atoms with E-state index < -0.39 is 0 Å². The first-order chi connectivity index (χ1) is 7.72. The number of nitrogens with one attached hydrogen (secondary N) is 2. The van der Waals surface area contributed by atoms with Gasteiger partial charge in [0.1, 0.15) is 12.1 Å². The minimum atomic E-state index is -0.0174. The highest BCUT2D eigenvalue weighted by Gasteiger charge is 1.97. The predicted octanol–water partition coefficient (Wildman–Crippen LogP) is 0.977. The number of aryl methyl sites for hydroxylation is 1. The van der Waals surface area contributed by atoms with Crippen LogP contribution in [0.2, 0.25) is 0 Å². The lowest BCUT2D eigenvalue weighted by Gasteiger charge is -2.06. The molecule has 0 aliphatic heterocycles. The molecule has 0 aliphatic rings. The summed E-state index contributed by atoms with van der Waals surface area (Å²) in [5, 5.41) is 5.84. The third-order valence-corrected chi connectivity index (χ3v) is 2.03. The van der Waals surface area contributed by atoms with Crippen LogP contribution in [0.4, 0.5) is 5.82 Å². The first-order valence-electron chi connectivity index (χ1n) is 5.51. The number of anilines is 1. The van der Waals surface area contributed by atoms with Gasteiger partial charge in [0.05, 0.1) is 0 Å². The van der Waals surface area contributed by atoms with Crippen molar-refractivity contribution in [2.45, 2.75) is 26.7 Å². The molecule has 0 atom stereocenters. The molecule has 16 heavy (non-hydrogen) atoms. The molecule has 0 radical (unpaired) electrons. The molecular formula is C11H18N4O. The third-order valence-electron chi connectivity index (χ3n) is 2.03. The average molecular weight is 222 g/mol. The lowest BCUT2D eigenvalue weighted by Crippen LogP contribution is -2.26. The summed E-state index contributed by atoms with van der Waals surface area (Å²) in [6.45, 7) is 4.89. The summed E-state index contributed by atoms with van der Waals surface area (Å²) in [7, 11) is 0. The Kier molecular flexibility index (Phi) is 5.25. The number of nitrogens with zero attached hydrogens (tertiary/aromatic N) is 2. The van der Waals surface area contributed by atoms with Crippen LogP contribution in [0, 0.1) is 0 Å². The molecule has 0 saturated carbocycles. The van der Waals surface area contributed by atoms with Gasteiger partial charge in [-0.25, -0.2) is 9.97 Å². The Morgan fingerprint density at radius 3 is 2.88 bits per heavy atom. The van der Waals surface area contributed by atoms with Crippen molar-refractivity contribution in [2.24, 2.45) is 0 Å². The van der Waals surface area contributed by atoms with E-state index in [0.717, 1.165) is 24.4 Å². The predicted molar refractivity (Wildman–Crippen MR) is 63.2 cm³/mol.